The van der Waals surface area contributed by atoms with E-state index in [2.05, 4.69) is 0 Å². The summed E-state index contributed by atoms with van der Waals surface area (Å²) in [5.41, 5.74) is 2.51. The van der Waals surface area contributed by atoms with Gasteiger partial charge >= 0.3 is 5.97 Å². The number of hydrogen-bond acceptors (Lipinski definition) is 8. The molecule has 4 rings (SSSR count). The second-order valence-electron chi connectivity index (χ2n) is 8.53. The number of amides is 1. The molecule has 0 radical (unpaired) electrons. The zero-order chi connectivity index (χ0) is 27.2. The number of nitrogens with zero attached hydrogens (tertiary/aromatic N) is 2. The van der Waals surface area contributed by atoms with Gasteiger partial charge in [-0.15, -0.1) is 0 Å². The number of nitro benzene ring substituents is 1. The van der Waals surface area contributed by atoms with Gasteiger partial charge in [0.05, 0.1) is 37.4 Å². The number of rotatable bonds is 9. The van der Waals surface area contributed by atoms with Gasteiger partial charge in [0.1, 0.15) is 12.4 Å². The number of ether oxygens (including phenoxy) is 4. The van der Waals surface area contributed by atoms with Crippen molar-refractivity contribution in [2.24, 2.45) is 0 Å². The van der Waals surface area contributed by atoms with E-state index in [1.165, 1.54) is 24.3 Å². The van der Waals surface area contributed by atoms with Crippen molar-refractivity contribution >= 4 is 17.6 Å². The molecular formula is C28H28N2O8. The average Bonchev–Trinajstić information content (AvgIpc) is 2.95. The monoisotopic (exact) mass is 520 g/mol. The highest BCUT2D eigenvalue weighted by atomic mass is 16.6. The van der Waals surface area contributed by atoms with Crippen molar-refractivity contribution in [2.75, 3.05) is 34.0 Å². The van der Waals surface area contributed by atoms with Crippen molar-refractivity contribution in [2.45, 2.75) is 19.4 Å². The van der Waals surface area contributed by atoms with Crippen LogP contribution in [-0.2, 0) is 11.2 Å². The largest absolute Gasteiger partial charge is 0.493 e. The number of carbonyl (C=O) groups excluding carboxylic acids is 2. The summed E-state index contributed by atoms with van der Waals surface area (Å²) in [7, 11) is 3.11. The summed E-state index contributed by atoms with van der Waals surface area (Å²) in [6.45, 7) is 2.56. The zero-order valence-electron chi connectivity index (χ0n) is 21.3. The molecule has 1 aliphatic heterocycles. The summed E-state index contributed by atoms with van der Waals surface area (Å²) >= 11 is 0. The maximum Gasteiger partial charge on any atom is 0.338 e. The molecule has 0 saturated carbocycles. The number of hydrogen-bond donors (Lipinski definition) is 0. The van der Waals surface area contributed by atoms with E-state index in [4.69, 9.17) is 18.9 Å². The van der Waals surface area contributed by atoms with Crippen LogP contribution >= 0.6 is 0 Å². The fourth-order valence-electron chi connectivity index (χ4n) is 4.42. The third kappa shape index (κ3) is 5.54. The predicted octanol–water partition coefficient (Wildman–Crippen LogP) is 4.61. The van der Waals surface area contributed by atoms with Gasteiger partial charge in [-0.25, -0.2) is 4.79 Å². The Morgan fingerprint density at radius 1 is 0.974 bits per heavy atom. The fourth-order valence-corrected chi connectivity index (χ4v) is 4.42. The van der Waals surface area contributed by atoms with Crippen LogP contribution in [0.4, 0.5) is 5.69 Å². The molecule has 0 N–H and O–H groups in total. The van der Waals surface area contributed by atoms with Crippen LogP contribution < -0.4 is 14.2 Å². The van der Waals surface area contributed by atoms with Crippen LogP contribution in [-0.4, -0.2) is 55.7 Å². The van der Waals surface area contributed by atoms with Crippen molar-refractivity contribution in [1.29, 1.82) is 0 Å². The van der Waals surface area contributed by atoms with Crippen molar-refractivity contribution in [3.63, 3.8) is 0 Å². The van der Waals surface area contributed by atoms with Gasteiger partial charge in [-0.2, -0.15) is 0 Å². The van der Waals surface area contributed by atoms with E-state index < -0.39 is 16.9 Å². The fraction of sp³-hybridized carbons (Fsp3) is 0.286. The van der Waals surface area contributed by atoms with E-state index in [0.29, 0.717) is 41.3 Å². The molecule has 10 nitrogen and oxygen atoms in total. The minimum Gasteiger partial charge on any atom is -0.493 e. The Labute approximate surface area is 219 Å². The number of fused-ring (bicyclic) bond motifs is 1. The lowest BCUT2D eigenvalue weighted by atomic mass is 9.91. The molecular weight excluding hydrogens is 492 g/mol. The Morgan fingerprint density at radius 2 is 1.61 bits per heavy atom. The Kier molecular flexibility index (Phi) is 8.10. The van der Waals surface area contributed by atoms with Crippen molar-refractivity contribution in [3.05, 3.63) is 93.0 Å². The van der Waals surface area contributed by atoms with Crippen LogP contribution in [0.3, 0.4) is 0 Å². The van der Waals surface area contributed by atoms with E-state index in [1.807, 2.05) is 12.1 Å². The number of non-ortho nitro benzene ring substituents is 1. The Bertz CT molecular complexity index is 1320. The van der Waals surface area contributed by atoms with E-state index in [9.17, 15) is 19.7 Å². The molecule has 1 heterocycles. The topological polar surface area (TPSA) is 117 Å². The third-order valence-corrected chi connectivity index (χ3v) is 6.36. The Morgan fingerprint density at radius 3 is 2.21 bits per heavy atom. The van der Waals surface area contributed by atoms with Crippen LogP contribution in [0, 0.1) is 10.1 Å². The lowest BCUT2D eigenvalue weighted by molar-refractivity contribution is -0.384. The summed E-state index contributed by atoms with van der Waals surface area (Å²) < 4.78 is 22.1. The minimum atomic E-state index is -0.505. The summed E-state index contributed by atoms with van der Waals surface area (Å²) in [5.74, 6) is 0.955. The summed E-state index contributed by atoms with van der Waals surface area (Å²) in [4.78, 5) is 37.8. The maximum atomic E-state index is 13.6. The lowest BCUT2D eigenvalue weighted by Gasteiger charge is -2.37. The molecule has 0 fully saturated rings. The van der Waals surface area contributed by atoms with Gasteiger partial charge in [-0.1, -0.05) is 0 Å². The maximum absolute atomic E-state index is 13.6. The zero-order valence-corrected chi connectivity index (χ0v) is 21.3. The highest BCUT2D eigenvalue weighted by molar-refractivity contribution is 5.95. The van der Waals surface area contributed by atoms with E-state index in [1.54, 1.807) is 50.3 Å². The molecule has 10 heteroatoms. The van der Waals surface area contributed by atoms with Crippen molar-refractivity contribution in [3.8, 4) is 17.2 Å². The smallest absolute Gasteiger partial charge is 0.338 e. The molecule has 198 valence electrons. The summed E-state index contributed by atoms with van der Waals surface area (Å²) in [6.07, 6.45) is 0.582. The van der Waals surface area contributed by atoms with Crippen molar-refractivity contribution < 1.29 is 33.5 Å². The number of esters is 1. The standard InChI is InChI=1S/C28H28N2O8/c1-4-37-28(32)19-7-11-22(12-8-19)38-17-24-23-16-26(36-3)25(35-2)15-20(23)13-14-29(24)27(31)18-5-9-21(10-6-18)30(33)34/h5-12,15-16,24H,4,13-14,17H2,1-3H3/t24-/m1/s1. The molecule has 1 amide bonds. The lowest BCUT2D eigenvalue weighted by Crippen LogP contribution is -2.42. The molecule has 0 bridgehead atoms. The first-order valence-corrected chi connectivity index (χ1v) is 12.1. The van der Waals surface area contributed by atoms with Gasteiger partial charge in [0.25, 0.3) is 11.6 Å². The molecule has 0 aliphatic carbocycles. The first-order valence-electron chi connectivity index (χ1n) is 12.1. The summed E-state index contributed by atoms with van der Waals surface area (Å²) in [5, 5.41) is 11.0. The van der Waals surface area contributed by atoms with Crippen LogP contribution in [0.5, 0.6) is 17.2 Å². The SMILES string of the molecule is CCOC(=O)c1ccc(OC[C@@H]2c3cc(OC)c(OC)cc3CCN2C(=O)c2ccc([N+](=O)[O-])cc2)cc1. The van der Waals surface area contributed by atoms with Gasteiger partial charge in [-0.3, -0.25) is 14.9 Å². The summed E-state index contributed by atoms with van der Waals surface area (Å²) in [6, 6.07) is 15.4. The van der Waals surface area contributed by atoms with E-state index in [0.717, 1.165) is 11.1 Å². The van der Waals surface area contributed by atoms with Gasteiger partial charge in [0.2, 0.25) is 0 Å². The van der Waals surface area contributed by atoms with Gasteiger partial charge < -0.3 is 23.8 Å². The number of methoxy groups -OCH3 is 2. The quantitative estimate of drug-likeness (QED) is 0.228. The highest BCUT2D eigenvalue weighted by Gasteiger charge is 2.33. The minimum absolute atomic E-state index is 0.0893. The second kappa shape index (κ2) is 11.6. The van der Waals surface area contributed by atoms with E-state index >= 15 is 0 Å². The molecule has 1 atom stereocenters. The molecule has 38 heavy (non-hydrogen) atoms. The van der Waals surface area contributed by atoms with Crippen LogP contribution in [0.25, 0.3) is 0 Å². The molecule has 0 spiro atoms. The Balaban J connectivity index is 1.64. The molecule has 0 saturated heterocycles. The number of nitro groups is 1. The molecule has 0 unspecified atom stereocenters. The van der Waals surface area contributed by atoms with E-state index in [-0.39, 0.29) is 24.8 Å². The third-order valence-electron chi connectivity index (χ3n) is 6.36. The molecule has 3 aromatic carbocycles. The molecule has 3 aromatic rings. The predicted molar refractivity (Wildman–Crippen MR) is 138 cm³/mol. The highest BCUT2D eigenvalue weighted by Crippen LogP contribution is 2.39. The number of carbonyl (C=O) groups is 2. The first kappa shape index (κ1) is 26.5. The second-order valence-corrected chi connectivity index (χ2v) is 8.53. The van der Waals surface area contributed by atoms with Gasteiger partial charge in [-0.05, 0) is 73.0 Å². The molecule has 0 aromatic heterocycles. The normalized spacial score (nSPS) is 14.3. The average molecular weight is 521 g/mol. The van der Waals surface area contributed by atoms with Crippen LogP contribution in [0.1, 0.15) is 44.8 Å². The first-order chi connectivity index (χ1) is 18.4. The van der Waals surface area contributed by atoms with Crippen molar-refractivity contribution in [1.82, 2.24) is 4.90 Å². The molecule has 1 aliphatic rings. The Hall–Kier alpha value is -4.60. The van der Waals surface area contributed by atoms with Gasteiger partial charge in [0.15, 0.2) is 11.5 Å². The van der Waals surface area contributed by atoms with Crippen LogP contribution in [0.2, 0.25) is 0 Å². The van der Waals surface area contributed by atoms with Crippen LogP contribution in [0.15, 0.2) is 60.7 Å². The number of benzene rings is 3. The van der Waals surface area contributed by atoms with Gasteiger partial charge in [0, 0.05) is 24.2 Å².